The fraction of sp³-hybridized carbons (Fsp3) is 0.103. The zero-order chi connectivity index (χ0) is 44.7. The Hall–Kier alpha value is -8.36. The van der Waals surface area contributed by atoms with E-state index in [-0.39, 0.29) is 12.2 Å². The van der Waals surface area contributed by atoms with E-state index < -0.39 is 0 Å². The van der Waals surface area contributed by atoms with Gasteiger partial charge in [-0.05, 0) is 169 Å². The van der Waals surface area contributed by atoms with Gasteiger partial charge in [-0.15, -0.1) is 0 Å². The number of hydrogen-bond acceptors (Lipinski definition) is 8. The van der Waals surface area contributed by atoms with Gasteiger partial charge in [0, 0.05) is 67.5 Å². The molecule has 0 saturated heterocycles. The number of nitrogens with zero attached hydrogens (tertiary/aromatic N) is 2. The van der Waals surface area contributed by atoms with Crippen molar-refractivity contribution in [2.24, 2.45) is 0 Å². The van der Waals surface area contributed by atoms with Crippen molar-refractivity contribution in [3.05, 3.63) is 226 Å². The van der Waals surface area contributed by atoms with Gasteiger partial charge in [0.1, 0.15) is 34.5 Å². The first-order chi connectivity index (χ1) is 32.5. The average Bonchev–Trinajstić information content (AvgIpc) is 3.39. The molecule has 2 heterocycles. The van der Waals surface area contributed by atoms with Crippen molar-refractivity contribution in [3.63, 3.8) is 0 Å². The number of hydrogen-bond donors (Lipinski definition) is 0. The summed E-state index contributed by atoms with van der Waals surface area (Å²) in [6, 6.07) is 62.5. The first kappa shape index (κ1) is 40.4. The van der Waals surface area contributed by atoms with Crippen LogP contribution < -0.4 is 28.7 Å². The largest absolute Gasteiger partial charge is 0.497 e. The number of anilines is 6. The molecule has 8 aromatic rings. The minimum atomic E-state index is -0.295. The average molecular weight is 867 g/mol. The Bertz CT molecular complexity index is 2800. The Morgan fingerprint density at radius 1 is 0.333 bits per heavy atom. The summed E-state index contributed by atoms with van der Waals surface area (Å²) in [4.78, 5) is 4.43. The van der Waals surface area contributed by atoms with E-state index in [1.807, 2.05) is 48.5 Å². The van der Waals surface area contributed by atoms with Crippen molar-refractivity contribution in [1.29, 1.82) is 0 Å². The molecule has 66 heavy (non-hydrogen) atoms. The van der Waals surface area contributed by atoms with E-state index in [4.69, 9.17) is 28.4 Å². The molecule has 8 nitrogen and oxygen atoms in total. The molecule has 2 unspecified atom stereocenters. The molecule has 324 valence electrons. The maximum Gasteiger partial charge on any atom is 0.150 e. The van der Waals surface area contributed by atoms with Gasteiger partial charge in [-0.2, -0.15) is 0 Å². The maximum absolute atomic E-state index is 7.07. The topological polar surface area (TPSA) is 61.9 Å². The first-order valence-electron chi connectivity index (χ1n) is 21.9. The molecule has 0 N–H and O–H groups in total. The molecule has 0 fully saturated rings. The molecule has 0 spiro atoms. The summed E-state index contributed by atoms with van der Waals surface area (Å²) < 4.78 is 36.0. The molecule has 11 rings (SSSR count). The second-order valence-electron chi connectivity index (χ2n) is 16.3. The highest BCUT2D eigenvalue weighted by Crippen LogP contribution is 2.54. The van der Waals surface area contributed by atoms with Gasteiger partial charge in [-0.1, -0.05) is 36.4 Å². The summed E-state index contributed by atoms with van der Waals surface area (Å²) in [5, 5.41) is 0. The van der Waals surface area contributed by atoms with Gasteiger partial charge >= 0.3 is 0 Å². The van der Waals surface area contributed by atoms with E-state index in [1.165, 1.54) is 0 Å². The summed E-state index contributed by atoms with van der Waals surface area (Å²) in [6.45, 7) is 0. The minimum Gasteiger partial charge on any atom is -0.497 e. The van der Waals surface area contributed by atoms with E-state index >= 15 is 0 Å². The second kappa shape index (κ2) is 17.0. The lowest BCUT2D eigenvalue weighted by Crippen LogP contribution is -2.26. The molecule has 2 atom stereocenters. The zero-order valence-electron chi connectivity index (χ0n) is 37.0. The highest BCUT2D eigenvalue weighted by atomic mass is 16.5. The van der Waals surface area contributed by atoms with Crippen LogP contribution >= 0.6 is 0 Å². The van der Waals surface area contributed by atoms with Crippen LogP contribution in [-0.4, -0.2) is 28.4 Å². The summed E-state index contributed by atoms with van der Waals surface area (Å²) >= 11 is 0. The van der Waals surface area contributed by atoms with E-state index in [1.54, 1.807) is 28.4 Å². The first-order valence-corrected chi connectivity index (χ1v) is 21.9. The molecule has 0 bridgehead atoms. The van der Waals surface area contributed by atoms with Gasteiger partial charge in [-0.3, -0.25) is 0 Å². The molecule has 2 aliphatic heterocycles. The monoisotopic (exact) mass is 866 g/mol. The van der Waals surface area contributed by atoms with Crippen molar-refractivity contribution in [3.8, 4) is 23.0 Å². The van der Waals surface area contributed by atoms with Gasteiger partial charge in [0.2, 0.25) is 0 Å². The quantitative estimate of drug-likeness (QED) is 0.120. The molecule has 1 aliphatic carbocycles. The molecule has 8 aromatic carbocycles. The van der Waals surface area contributed by atoms with Gasteiger partial charge in [-0.25, -0.2) is 0 Å². The molecule has 0 aromatic heterocycles. The molecule has 3 aliphatic rings. The lowest BCUT2D eigenvalue weighted by Gasteiger charge is -2.40. The number of rotatable bonds is 12. The smallest absolute Gasteiger partial charge is 0.150 e. The predicted octanol–water partition coefficient (Wildman–Crippen LogP) is 14.2. The van der Waals surface area contributed by atoms with Crippen molar-refractivity contribution in [1.82, 2.24) is 0 Å². The third-order valence-corrected chi connectivity index (χ3v) is 12.6. The van der Waals surface area contributed by atoms with Crippen LogP contribution in [0.3, 0.4) is 0 Å². The van der Waals surface area contributed by atoms with Gasteiger partial charge in [0.15, 0.2) is 12.2 Å². The van der Waals surface area contributed by atoms with Crippen LogP contribution in [0.5, 0.6) is 23.0 Å². The molecular formula is C58H46N2O6. The summed E-state index contributed by atoms with van der Waals surface area (Å²) in [5.41, 5.74) is 14.8. The Balaban J connectivity index is 0.901. The van der Waals surface area contributed by atoms with E-state index in [0.717, 1.165) is 113 Å². The third kappa shape index (κ3) is 7.22. The van der Waals surface area contributed by atoms with Crippen LogP contribution in [0.1, 0.15) is 56.7 Å². The van der Waals surface area contributed by atoms with Crippen LogP contribution in [0.25, 0.3) is 23.7 Å². The molecule has 8 heteroatoms. The third-order valence-electron chi connectivity index (χ3n) is 12.6. The molecule has 0 amide bonds. The fourth-order valence-corrected chi connectivity index (χ4v) is 9.35. The van der Waals surface area contributed by atoms with Gasteiger partial charge < -0.3 is 38.2 Å². The number of ether oxygens (including phenoxy) is 6. The highest BCUT2D eigenvalue weighted by Gasteiger charge is 2.41. The minimum absolute atomic E-state index is 0.295. The van der Waals surface area contributed by atoms with Crippen molar-refractivity contribution in [2.75, 3.05) is 38.2 Å². The Labute approximate surface area is 384 Å². The molecular weight excluding hydrogens is 821 g/mol. The summed E-state index contributed by atoms with van der Waals surface area (Å²) in [5.74, 6) is 4.84. The Morgan fingerprint density at radius 3 is 0.879 bits per heavy atom. The number of benzene rings is 8. The van der Waals surface area contributed by atoms with E-state index in [0.29, 0.717) is 0 Å². The zero-order valence-corrected chi connectivity index (χ0v) is 37.0. The molecule has 0 radical (unpaired) electrons. The number of methoxy groups -OCH3 is 4. The molecule has 0 saturated carbocycles. The highest BCUT2D eigenvalue weighted by molar-refractivity contribution is 5.87. The lowest BCUT2D eigenvalue weighted by atomic mass is 9.76. The fourth-order valence-electron chi connectivity index (χ4n) is 9.35. The Morgan fingerprint density at radius 2 is 0.606 bits per heavy atom. The standard InChI is InChI=1S/C58H46N2O6/c1-61-47-27-19-43(20-28-47)59(44-21-29-48(62-2)30-22-44)41-15-11-37(12-16-41)53-35-39-7-5-10-52-55(39)57(65-53)51-9-6-8-40-36-54(66-58(52)56(40)51)38-13-17-42(18-14-38)60(45-23-31-49(63-3)32-24-45)46-25-33-50(64-4)34-26-46/h5-36,57-58H,1-4H3. The van der Waals surface area contributed by atoms with Crippen molar-refractivity contribution >= 4 is 57.8 Å². The second-order valence-corrected chi connectivity index (χ2v) is 16.3. The van der Waals surface area contributed by atoms with E-state index in [2.05, 4.69) is 155 Å². The number of fused-ring (bicyclic) bond motifs is 2. The predicted molar refractivity (Wildman–Crippen MR) is 263 cm³/mol. The van der Waals surface area contributed by atoms with Crippen LogP contribution in [0.4, 0.5) is 34.1 Å². The SMILES string of the molecule is COc1ccc(N(c2ccc(OC)cc2)c2ccc(C3=Cc4cccc5c4C(O3)c3cccc4c3C5OC(c3ccc(N(c5ccc(OC)cc5)c5ccc(OC)cc5)cc3)=C4)cc2)cc1. The van der Waals surface area contributed by atoms with Crippen molar-refractivity contribution in [2.45, 2.75) is 12.2 Å². The van der Waals surface area contributed by atoms with Crippen LogP contribution in [-0.2, 0) is 9.47 Å². The lowest BCUT2D eigenvalue weighted by molar-refractivity contribution is 0.161. The van der Waals surface area contributed by atoms with Gasteiger partial charge in [0.25, 0.3) is 0 Å². The van der Waals surface area contributed by atoms with Crippen LogP contribution in [0, 0.1) is 0 Å². The summed E-state index contributed by atoms with van der Waals surface area (Å²) in [6.07, 6.45) is 3.74. The summed E-state index contributed by atoms with van der Waals surface area (Å²) in [7, 11) is 6.72. The van der Waals surface area contributed by atoms with Crippen molar-refractivity contribution < 1.29 is 28.4 Å². The van der Waals surface area contributed by atoms with Gasteiger partial charge in [0.05, 0.1) is 28.4 Å². The van der Waals surface area contributed by atoms with Crippen LogP contribution in [0.15, 0.2) is 182 Å². The van der Waals surface area contributed by atoms with E-state index in [9.17, 15) is 0 Å². The maximum atomic E-state index is 7.07. The normalized spacial score (nSPS) is 15.1. The van der Waals surface area contributed by atoms with Crippen LogP contribution in [0.2, 0.25) is 0 Å². The Kier molecular flexibility index (Phi) is 10.4.